The fourth-order valence-corrected chi connectivity index (χ4v) is 8.72. The molecular formula is C27H45N4O4+. The van der Waals surface area contributed by atoms with Gasteiger partial charge in [-0.05, 0) is 56.9 Å². The molecule has 4 aliphatic heterocycles. The minimum absolute atomic E-state index is 0.00419. The van der Waals surface area contributed by atoms with Crippen LogP contribution < -0.4 is 10.6 Å². The molecule has 0 radical (unpaired) electrons. The Labute approximate surface area is 209 Å². The summed E-state index contributed by atoms with van der Waals surface area (Å²) in [6, 6.07) is 1.47. The molecule has 3 N–H and O–H groups in total. The lowest BCUT2D eigenvalue weighted by Gasteiger charge is -2.50. The summed E-state index contributed by atoms with van der Waals surface area (Å²) in [5.74, 6) is 2.54. The van der Waals surface area contributed by atoms with E-state index in [2.05, 4.69) is 20.4 Å². The fraction of sp³-hybridized carbons (Fsp3) is 0.926. The first kappa shape index (κ1) is 24.1. The Kier molecular flexibility index (Phi) is 7.34. The predicted molar refractivity (Wildman–Crippen MR) is 131 cm³/mol. The molecule has 8 unspecified atom stereocenters. The number of fused-ring (bicyclic) bond motifs is 5. The molecule has 0 spiro atoms. The van der Waals surface area contributed by atoms with E-state index in [1.807, 2.05) is 0 Å². The minimum atomic E-state index is 0.00419. The number of nitrogens with two attached hydrogens (primary N) is 1. The largest absolute Gasteiger partial charge is 0.379 e. The predicted octanol–water partition coefficient (Wildman–Crippen LogP) is 0.362. The molecule has 4 heterocycles. The van der Waals surface area contributed by atoms with Crippen LogP contribution in [0.25, 0.3) is 0 Å². The summed E-state index contributed by atoms with van der Waals surface area (Å²) in [5, 5.41) is 5.63. The van der Waals surface area contributed by atoms with Gasteiger partial charge in [0.25, 0.3) is 0 Å². The van der Waals surface area contributed by atoms with Gasteiger partial charge < -0.3 is 25.0 Å². The molecule has 35 heavy (non-hydrogen) atoms. The molecule has 0 aromatic carbocycles. The highest BCUT2D eigenvalue weighted by molar-refractivity contribution is 5.82. The first-order valence-electron chi connectivity index (χ1n) is 14.5. The van der Waals surface area contributed by atoms with E-state index in [-0.39, 0.29) is 24.5 Å². The van der Waals surface area contributed by atoms with Crippen molar-refractivity contribution in [3.8, 4) is 0 Å². The molecule has 0 aromatic heterocycles. The maximum Gasteiger partial charge on any atom is 0.246 e. The van der Waals surface area contributed by atoms with Crippen LogP contribution in [0.15, 0.2) is 0 Å². The van der Waals surface area contributed by atoms with Gasteiger partial charge in [0.1, 0.15) is 12.6 Å². The number of carbonyl (C=O) groups excluding carboxylic acids is 2. The van der Waals surface area contributed by atoms with Crippen molar-refractivity contribution < 1.29 is 24.4 Å². The minimum Gasteiger partial charge on any atom is -0.379 e. The summed E-state index contributed by atoms with van der Waals surface area (Å²) in [5.41, 5.74) is 0. The van der Waals surface area contributed by atoms with Gasteiger partial charge in [-0.1, -0.05) is 12.8 Å². The average molecular weight is 490 g/mol. The Morgan fingerprint density at radius 1 is 1.06 bits per heavy atom. The van der Waals surface area contributed by atoms with Crippen LogP contribution in [0, 0.1) is 23.7 Å². The van der Waals surface area contributed by atoms with Crippen molar-refractivity contribution in [1.82, 2.24) is 15.1 Å². The molecule has 0 aromatic rings. The van der Waals surface area contributed by atoms with Gasteiger partial charge in [-0.2, -0.15) is 0 Å². The Balaban J connectivity index is 0.998. The smallest absolute Gasteiger partial charge is 0.246 e. The summed E-state index contributed by atoms with van der Waals surface area (Å²) in [7, 11) is 0. The highest BCUT2D eigenvalue weighted by atomic mass is 16.5. The molecule has 2 amide bonds. The Morgan fingerprint density at radius 2 is 1.91 bits per heavy atom. The molecule has 0 bridgehead atoms. The van der Waals surface area contributed by atoms with Crippen LogP contribution in [0.3, 0.4) is 0 Å². The SMILES string of the molecule is O=C(COC1CCC2C(C1)C1CC[NH2+]C3C4CCCCC4C(=O)N2C13)NCCCN1CCOCC1. The third-order valence-corrected chi connectivity index (χ3v) is 10.2. The Bertz CT molecular complexity index is 774. The molecule has 196 valence electrons. The van der Waals surface area contributed by atoms with Gasteiger partial charge in [0.2, 0.25) is 11.8 Å². The highest BCUT2D eigenvalue weighted by Gasteiger charge is 2.63. The number of ether oxygens (including phenoxy) is 2. The third kappa shape index (κ3) is 4.76. The average Bonchev–Trinajstić information content (AvgIpc) is 3.24. The normalized spacial score (nSPS) is 41.1. The molecule has 2 aliphatic carbocycles. The third-order valence-electron chi connectivity index (χ3n) is 10.2. The number of nitrogens with zero attached hydrogens (tertiary/aromatic N) is 2. The number of morpholine rings is 1. The van der Waals surface area contributed by atoms with E-state index in [1.54, 1.807) is 0 Å². The van der Waals surface area contributed by atoms with E-state index < -0.39 is 0 Å². The number of hydrogen-bond donors (Lipinski definition) is 2. The van der Waals surface area contributed by atoms with Crippen LogP contribution in [0.1, 0.15) is 57.8 Å². The van der Waals surface area contributed by atoms with Gasteiger partial charge in [0, 0.05) is 43.9 Å². The first-order chi connectivity index (χ1) is 17.2. The monoisotopic (exact) mass is 489 g/mol. The fourth-order valence-electron chi connectivity index (χ4n) is 8.72. The molecule has 6 rings (SSSR count). The van der Waals surface area contributed by atoms with E-state index in [0.29, 0.717) is 48.3 Å². The maximum atomic E-state index is 13.7. The number of hydrogen-bond acceptors (Lipinski definition) is 5. The quantitative estimate of drug-likeness (QED) is 0.505. The number of amides is 2. The van der Waals surface area contributed by atoms with Crippen molar-refractivity contribution in [3.63, 3.8) is 0 Å². The van der Waals surface area contributed by atoms with Crippen LogP contribution in [-0.2, 0) is 19.1 Å². The highest BCUT2D eigenvalue weighted by Crippen LogP contribution is 2.52. The lowest BCUT2D eigenvalue weighted by Crippen LogP contribution is -2.98. The maximum absolute atomic E-state index is 13.7. The second kappa shape index (κ2) is 10.6. The lowest BCUT2D eigenvalue weighted by molar-refractivity contribution is -0.713. The molecule has 6 fully saturated rings. The topological polar surface area (TPSA) is 87.7 Å². The number of quaternary nitrogens is 1. The molecule has 8 atom stereocenters. The van der Waals surface area contributed by atoms with Gasteiger partial charge in [0.05, 0.1) is 31.9 Å². The van der Waals surface area contributed by atoms with Crippen LogP contribution in [0.2, 0.25) is 0 Å². The van der Waals surface area contributed by atoms with Crippen molar-refractivity contribution in [2.24, 2.45) is 23.7 Å². The van der Waals surface area contributed by atoms with E-state index >= 15 is 0 Å². The van der Waals surface area contributed by atoms with Crippen molar-refractivity contribution in [3.05, 3.63) is 0 Å². The second-order valence-electron chi connectivity index (χ2n) is 12.0. The van der Waals surface area contributed by atoms with E-state index in [0.717, 1.165) is 65.0 Å². The summed E-state index contributed by atoms with van der Waals surface area (Å²) in [6.07, 6.45) is 10.2. The summed E-state index contributed by atoms with van der Waals surface area (Å²) >= 11 is 0. The number of rotatable bonds is 7. The van der Waals surface area contributed by atoms with Gasteiger partial charge in [-0.15, -0.1) is 0 Å². The van der Waals surface area contributed by atoms with Gasteiger partial charge in [-0.25, -0.2) is 0 Å². The van der Waals surface area contributed by atoms with Gasteiger partial charge in [-0.3, -0.25) is 14.5 Å². The zero-order valence-corrected chi connectivity index (χ0v) is 21.2. The molecule has 2 saturated carbocycles. The lowest BCUT2D eigenvalue weighted by atomic mass is 9.66. The number of piperidine rings is 2. The molecular weight excluding hydrogens is 444 g/mol. The Morgan fingerprint density at radius 3 is 2.80 bits per heavy atom. The van der Waals surface area contributed by atoms with Gasteiger partial charge >= 0.3 is 0 Å². The van der Waals surface area contributed by atoms with E-state index in [1.165, 1.54) is 32.2 Å². The summed E-state index contributed by atoms with van der Waals surface area (Å²) in [4.78, 5) is 30.9. The van der Waals surface area contributed by atoms with Crippen LogP contribution in [0.4, 0.5) is 0 Å². The van der Waals surface area contributed by atoms with Crippen molar-refractivity contribution in [2.75, 3.05) is 52.5 Å². The van der Waals surface area contributed by atoms with Crippen molar-refractivity contribution >= 4 is 11.8 Å². The number of nitrogens with one attached hydrogen (secondary N) is 1. The zero-order chi connectivity index (χ0) is 23.8. The van der Waals surface area contributed by atoms with Crippen LogP contribution in [0.5, 0.6) is 0 Å². The molecule has 8 heteroatoms. The molecule has 8 nitrogen and oxygen atoms in total. The van der Waals surface area contributed by atoms with Gasteiger partial charge in [0.15, 0.2) is 0 Å². The van der Waals surface area contributed by atoms with Crippen molar-refractivity contribution in [2.45, 2.75) is 82.0 Å². The first-order valence-corrected chi connectivity index (χ1v) is 14.5. The zero-order valence-electron chi connectivity index (χ0n) is 21.2. The van der Waals surface area contributed by atoms with E-state index in [4.69, 9.17) is 9.47 Å². The number of carbonyl (C=O) groups is 2. The molecule has 6 aliphatic rings. The summed E-state index contributed by atoms with van der Waals surface area (Å²) < 4.78 is 11.6. The Hall–Kier alpha value is -1.22. The van der Waals surface area contributed by atoms with Crippen LogP contribution in [-0.4, -0.2) is 98.4 Å². The molecule has 4 saturated heterocycles. The standard InChI is InChI=1S/C27H44N4O4/c32-24(28-9-3-11-30-12-14-34-15-13-30)17-35-18-6-7-23-22(16-18)20-8-10-29-25-19-4-1-2-5-21(19)27(33)31(23)26(20)25/h18-23,25-26,29H,1-17H2,(H,28,32)/p+1. The summed E-state index contributed by atoms with van der Waals surface area (Å²) in [6.45, 7) is 6.70. The van der Waals surface area contributed by atoms with E-state index in [9.17, 15) is 9.59 Å². The van der Waals surface area contributed by atoms with Crippen molar-refractivity contribution in [1.29, 1.82) is 0 Å². The van der Waals surface area contributed by atoms with Crippen LogP contribution >= 0.6 is 0 Å². The second-order valence-corrected chi connectivity index (χ2v) is 12.0.